The first kappa shape index (κ1) is 15.4. The monoisotopic (exact) mass is 293 g/mol. The number of carbonyl (C=O) groups excluding carboxylic acids is 1. The van der Waals surface area contributed by atoms with E-state index in [1.54, 1.807) is 13.0 Å². The minimum Gasteiger partial charge on any atom is -0.477 e. The fraction of sp³-hybridized carbons (Fsp3) is 0.600. The molecule has 0 saturated heterocycles. The van der Waals surface area contributed by atoms with Gasteiger partial charge in [-0.15, -0.1) is 0 Å². The van der Waals surface area contributed by atoms with Crippen LogP contribution in [0.15, 0.2) is 6.07 Å². The van der Waals surface area contributed by atoms with Gasteiger partial charge in [0.05, 0.1) is 5.69 Å². The normalized spacial score (nSPS) is 25.4. The van der Waals surface area contributed by atoms with Crippen molar-refractivity contribution in [2.75, 3.05) is 5.32 Å². The minimum absolute atomic E-state index is 0.00744. The van der Waals surface area contributed by atoms with E-state index in [-0.39, 0.29) is 17.8 Å². The van der Waals surface area contributed by atoms with Crippen molar-refractivity contribution in [3.8, 4) is 0 Å². The van der Waals surface area contributed by atoms with Gasteiger partial charge in [-0.1, -0.05) is 13.8 Å². The number of amides is 2. The molecule has 2 atom stereocenters. The summed E-state index contributed by atoms with van der Waals surface area (Å²) in [5.74, 6) is 0.115. The first-order chi connectivity index (χ1) is 9.85. The average molecular weight is 293 g/mol. The van der Waals surface area contributed by atoms with Crippen LogP contribution in [-0.2, 0) is 0 Å². The molecule has 1 saturated carbocycles. The molecule has 6 nitrogen and oxygen atoms in total. The van der Waals surface area contributed by atoms with Gasteiger partial charge in [0.2, 0.25) is 0 Å². The van der Waals surface area contributed by atoms with Gasteiger partial charge < -0.3 is 20.7 Å². The smallest absolute Gasteiger partial charge is 0.354 e. The van der Waals surface area contributed by atoms with Gasteiger partial charge in [0.1, 0.15) is 5.69 Å². The lowest BCUT2D eigenvalue weighted by Crippen LogP contribution is -2.42. The molecule has 1 aromatic heterocycles. The van der Waals surface area contributed by atoms with E-state index in [0.717, 1.165) is 12.8 Å². The van der Waals surface area contributed by atoms with E-state index in [4.69, 9.17) is 5.11 Å². The first-order valence-corrected chi connectivity index (χ1v) is 7.35. The molecule has 116 valence electrons. The van der Waals surface area contributed by atoms with Gasteiger partial charge >= 0.3 is 12.0 Å². The molecule has 4 N–H and O–H groups in total. The highest BCUT2D eigenvalue weighted by atomic mass is 16.4. The Bertz CT molecular complexity index is 528. The maximum atomic E-state index is 12.0. The van der Waals surface area contributed by atoms with Crippen molar-refractivity contribution in [1.29, 1.82) is 0 Å². The lowest BCUT2D eigenvalue weighted by atomic mass is 9.80. The number of nitrogens with one attached hydrogen (secondary N) is 3. The molecule has 2 amide bonds. The van der Waals surface area contributed by atoms with Crippen molar-refractivity contribution in [1.82, 2.24) is 10.3 Å². The Morgan fingerprint density at radius 1 is 1.24 bits per heavy atom. The van der Waals surface area contributed by atoms with Crippen molar-refractivity contribution in [2.24, 2.45) is 11.8 Å². The molecule has 0 aliphatic heterocycles. The van der Waals surface area contributed by atoms with E-state index in [9.17, 15) is 9.59 Å². The van der Waals surface area contributed by atoms with Crippen molar-refractivity contribution >= 4 is 17.7 Å². The number of urea groups is 1. The Hall–Kier alpha value is -1.98. The SMILES string of the molecule is Cc1cc(NC(=O)NC2CC(C)CC(C)C2)c(C(=O)O)[nH]1. The van der Waals surface area contributed by atoms with Gasteiger partial charge in [-0.3, -0.25) is 0 Å². The molecule has 1 aliphatic rings. The average Bonchev–Trinajstić information content (AvgIpc) is 2.68. The summed E-state index contributed by atoms with van der Waals surface area (Å²) in [6.45, 7) is 6.14. The van der Waals surface area contributed by atoms with Crippen LogP contribution in [0.5, 0.6) is 0 Å². The highest BCUT2D eigenvalue weighted by Gasteiger charge is 2.25. The molecule has 6 heteroatoms. The van der Waals surface area contributed by atoms with Gasteiger partial charge in [-0.25, -0.2) is 9.59 Å². The summed E-state index contributed by atoms with van der Waals surface area (Å²) in [4.78, 5) is 25.9. The van der Waals surface area contributed by atoms with Crippen LogP contribution in [0.25, 0.3) is 0 Å². The van der Waals surface area contributed by atoms with Crippen LogP contribution in [0.3, 0.4) is 0 Å². The van der Waals surface area contributed by atoms with Crippen molar-refractivity contribution < 1.29 is 14.7 Å². The predicted molar refractivity (Wildman–Crippen MR) is 80.6 cm³/mol. The number of aromatic carboxylic acids is 1. The summed E-state index contributed by atoms with van der Waals surface area (Å²) in [5.41, 5.74) is 1.00. The number of aromatic nitrogens is 1. The van der Waals surface area contributed by atoms with Crippen LogP contribution < -0.4 is 10.6 Å². The van der Waals surface area contributed by atoms with E-state index in [2.05, 4.69) is 29.5 Å². The minimum atomic E-state index is -1.08. The molecule has 21 heavy (non-hydrogen) atoms. The zero-order chi connectivity index (χ0) is 15.6. The molecule has 1 heterocycles. The van der Waals surface area contributed by atoms with Gasteiger partial charge in [0.25, 0.3) is 0 Å². The van der Waals surface area contributed by atoms with Gasteiger partial charge in [0.15, 0.2) is 0 Å². The molecule has 0 spiro atoms. The molecule has 2 rings (SSSR count). The standard InChI is InChI=1S/C15H23N3O3/c1-8-4-9(2)6-11(5-8)17-15(21)18-12-7-10(3)16-13(12)14(19)20/h7-9,11,16H,4-6H2,1-3H3,(H,19,20)(H2,17,18,21). The lowest BCUT2D eigenvalue weighted by molar-refractivity contribution is 0.0692. The van der Waals surface area contributed by atoms with Crippen molar-refractivity contribution in [2.45, 2.75) is 46.1 Å². The van der Waals surface area contributed by atoms with Crippen LogP contribution in [0.1, 0.15) is 49.3 Å². The molecule has 1 aliphatic carbocycles. The second kappa shape index (κ2) is 6.20. The number of H-pyrrole nitrogens is 1. The quantitative estimate of drug-likeness (QED) is 0.690. The summed E-state index contributed by atoms with van der Waals surface area (Å²) in [6, 6.07) is 1.43. The van der Waals surface area contributed by atoms with Crippen molar-refractivity contribution in [3.05, 3.63) is 17.5 Å². The Morgan fingerprint density at radius 2 is 1.86 bits per heavy atom. The maximum Gasteiger partial charge on any atom is 0.354 e. The molecule has 0 bridgehead atoms. The van der Waals surface area contributed by atoms with Crippen LogP contribution >= 0.6 is 0 Å². The zero-order valence-electron chi connectivity index (χ0n) is 12.7. The molecule has 1 aromatic rings. The van der Waals surface area contributed by atoms with E-state index in [1.165, 1.54) is 6.42 Å². The topological polar surface area (TPSA) is 94.2 Å². The third-order valence-corrected chi connectivity index (χ3v) is 3.93. The molecule has 2 unspecified atom stereocenters. The summed E-state index contributed by atoms with van der Waals surface area (Å²) in [6.07, 6.45) is 3.13. The Labute approximate surface area is 124 Å². The highest BCUT2D eigenvalue weighted by molar-refractivity contribution is 5.99. The second-order valence-corrected chi connectivity index (χ2v) is 6.26. The third kappa shape index (κ3) is 4.00. The van der Waals surface area contributed by atoms with Gasteiger partial charge in [-0.2, -0.15) is 0 Å². The molecular weight excluding hydrogens is 270 g/mol. The summed E-state index contributed by atoms with van der Waals surface area (Å²) >= 11 is 0. The number of aromatic amines is 1. The maximum absolute atomic E-state index is 12.0. The van der Waals surface area contributed by atoms with E-state index < -0.39 is 5.97 Å². The lowest BCUT2D eigenvalue weighted by Gasteiger charge is -2.31. The molecular formula is C15H23N3O3. The summed E-state index contributed by atoms with van der Waals surface area (Å²) < 4.78 is 0. The van der Waals surface area contributed by atoms with E-state index >= 15 is 0 Å². The Balaban J connectivity index is 1.97. The Kier molecular flexibility index (Phi) is 4.55. The number of hydrogen-bond acceptors (Lipinski definition) is 2. The fourth-order valence-electron chi connectivity index (χ4n) is 3.27. The largest absolute Gasteiger partial charge is 0.477 e. The second-order valence-electron chi connectivity index (χ2n) is 6.26. The van der Waals surface area contributed by atoms with Gasteiger partial charge in [0, 0.05) is 11.7 Å². The van der Waals surface area contributed by atoms with Crippen LogP contribution in [0, 0.1) is 18.8 Å². The summed E-state index contributed by atoms with van der Waals surface area (Å²) in [7, 11) is 0. The van der Waals surface area contributed by atoms with Crippen LogP contribution in [-0.4, -0.2) is 28.1 Å². The number of aryl methyl sites for hydroxylation is 1. The number of carboxylic acid groups (broad SMARTS) is 1. The number of hydrogen-bond donors (Lipinski definition) is 4. The number of carboxylic acids is 1. The van der Waals surface area contributed by atoms with Crippen molar-refractivity contribution in [3.63, 3.8) is 0 Å². The highest BCUT2D eigenvalue weighted by Crippen LogP contribution is 2.28. The summed E-state index contributed by atoms with van der Waals surface area (Å²) in [5, 5.41) is 14.7. The third-order valence-electron chi connectivity index (χ3n) is 3.93. The number of anilines is 1. The first-order valence-electron chi connectivity index (χ1n) is 7.35. The van der Waals surface area contributed by atoms with Crippen LogP contribution in [0.4, 0.5) is 10.5 Å². The molecule has 1 fully saturated rings. The molecule has 0 radical (unpaired) electrons. The zero-order valence-corrected chi connectivity index (χ0v) is 12.7. The van der Waals surface area contributed by atoms with Gasteiger partial charge in [-0.05, 0) is 44.1 Å². The number of rotatable bonds is 3. The van der Waals surface area contributed by atoms with E-state index in [1.807, 2.05) is 0 Å². The fourth-order valence-corrected chi connectivity index (χ4v) is 3.27. The van der Waals surface area contributed by atoms with Crippen LogP contribution in [0.2, 0.25) is 0 Å². The number of carbonyl (C=O) groups is 2. The molecule has 0 aromatic carbocycles. The van der Waals surface area contributed by atoms with E-state index in [0.29, 0.717) is 23.2 Å². The predicted octanol–water partition coefficient (Wildman–Crippen LogP) is 2.97. The Morgan fingerprint density at radius 3 is 2.43 bits per heavy atom.